The lowest BCUT2D eigenvalue weighted by molar-refractivity contribution is -0.134. The van der Waals surface area contributed by atoms with Gasteiger partial charge in [0.2, 0.25) is 0 Å². The van der Waals surface area contributed by atoms with Crippen LogP contribution in [0.3, 0.4) is 0 Å². The lowest BCUT2D eigenvalue weighted by Crippen LogP contribution is -2.45. The van der Waals surface area contributed by atoms with E-state index in [1.165, 1.54) is 5.56 Å². The summed E-state index contributed by atoms with van der Waals surface area (Å²) in [6, 6.07) is 20.5. The molecule has 0 aromatic heterocycles. The van der Waals surface area contributed by atoms with Crippen molar-refractivity contribution in [2.75, 3.05) is 20.1 Å². The van der Waals surface area contributed by atoms with Crippen molar-refractivity contribution >= 4 is 17.8 Å². The van der Waals surface area contributed by atoms with Gasteiger partial charge < -0.3 is 15.1 Å². The number of carbonyl (C=O) groups excluding carboxylic acids is 1. The molecule has 3 rings (SSSR count). The third-order valence-corrected chi connectivity index (χ3v) is 5.13. The molecule has 0 aliphatic carbocycles. The van der Waals surface area contributed by atoms with Gasteiger partial charge in [0.1, 0.15) is 0 Å². The molecule has 0 unspecified atom stereocenters. The predicted molar refractivity (Wildman–Crippen MR) is 125 cm³/mol. The van der Waals surface area contributed by atoms with Crippen molar-refractivity contribution in [1.82, 2.24) is 9.80 Å². The first-order valence-corrected chi connectivity index (χ1v) is 10.6. The molecule has 0 spiro atoms. The lowest BCUT2D eigenvalue weighted by atomic mass is 10.0. The summed E-state index contributed by atoms with van der Waals surface area (Å²) in [6.07, 6.45) is 3.12. The van der Waals surface area contributed by atoms with Gasteiger partial charge in [-0.1, -0.05) is 54.5 Å². The zero-order valence-electron chi connectivity index (χ0n) is 18.6. The topological polar surface area (TPSA) is 98.2 Å². The van der Waals surface area contributed by atoms with Crippen molar-refractivity contribution in [3.05, 3.63) is 83.9 Å². The Morgan fingerprint density at radius 3 is 1.97 bits per heavy atom. The maximum absolute atomic E-state index is 12.3. The molecule has 0 saturated carbocycles. The first-order chi connectivity index (χ1) is 15.8. The Kier molecular flexibility index (Phi) is 10.4. The van der Waals surface area contributed by atoms with Gasteiger partial charge in [0.05, 0.1) is 0 Å². The second-order valence-electron chi connectivity index (χ2n) is 7.53. The third-order valence-electron chi connectivity index (χ3n) is 5.13. The maximum Gasteiger partial charge on any atom is 0.328 e. The molecule has 1 aliphatic rings. The Morgan fingerprint density at radius 1 is 0.939 bits per heavy atom. The molecule has 1 fully saturated rings. The quantitative estimate of drug-likeness (QED) is 0.539. The summed E-state index contributed by atoms with van der Waals surface area (Å²) in [5, 5.41) is 15.6. The van der Waals surface area contributed by atoms with Crippen LogP contribution in [0.15, 0.2) is 72.8 Å². The molecule has 1 aliphatic heterocycles. The highest BCUT2D eigenvalue weighted by molar-refractivity contribution is 5.94. The Morgan fingerprint density at radius 2 is 1.45 bits per heavy atom. The Hall–Kier alpha value is -3.89. The number of nitrogens with zero attached hydrogens (tertiary/aromatic N) is 2. The number of piperidine rings is 1. The summed E-state index contributed by atoms with van der Waals surface area (Å²) in [6.45, 7) is 3.02. The van der Waals surface area contributed by atoms with E-state index >= 15 is 0 Å². The van der Waals surface area contributed by atoms with Crippen LogP contribution in [0.4, 0.5) is 0 Å². The number of hydrogen-bond acceptors (Lipinski definition) is 4. The van der Waals surface area contributed by atoms with E-state index in [0.717, 1.165) is 38.0 Å². The number of rotatable bonds is 5. The summed E-state index contributed by atoms with van der Waals surface area (Å²) >= 11 is 0. The monoisotopic (exact) mass is 448 g/mol. The first-order valence-electron chi connectivity index (χ1n) is 10.6. The van der Waals surface area contributed by atoms with Gasteiger partial charge in [-0.2, -0.15) is 0 Å². The fourth-order valence-corrected chi connectivity index (χ4v) is 3.35. The SMILES string of the molecule is CN(C(=O)C#Cc1ccccc1)C1CCN(Cc2ccccc2)CC1.O=C(O)/C=C/C(=O)O. The number of benzene rings is 2. The largest absolute Gasteiger partial charge is 0.478 e. The van der Waals surface area contributed by atoms with Crippen LogP contribution in [0.2, 0.25) is 0 Å². The van der Waals surface area contributed by atoms with Gasteiger partial charge in [0.25, 0.3) is 5.91 Å². The fraction of sp³-hybridized carbons (Fsp3) is 0.269. The molecule has 2 aromatic carbocycles. The predicted octanol–water partition coefficient (Wildman–Crippen LogP) is 2.87. The minimum absolute atomic E-state index is 0.0923. The normalized spacial score (nSPS) is 13.8. The molecule has 0 atom stereocenters. The van der Waals surface area contributed by atoms with Crippen LogP contribution in [0, 0.1) is 11.8 Å². The van der Waals surface area contributed by atoms with Crippen molar-refractivity contribution < 1.29 is 24.6 Å². The van der Waals surface area contributed by atoms with Crippen molar-refractivity contribution in [2.45, 2.75) is 25.4 Å². The molecule has 1 amide bonds. The fourth-order valence-electron chi connectivity index (χ4n) is 3.35. The van der Waals surface area contributed by atoms with Gasteiger partial charge in [0.15, 0.2) is 0 Å². The van der Waals surface area contributed by atoms with Crippen LogP contribution in [0.5, 0.6) is 0 Å². The molecule has 1 heterocycles. The van der Waals surface area contributed by atoms with Gasteiger partial charge in [-0.25, -0.2) is 9.59 Å². The van der Waals surface area contributed by atoms with Crippen LogP contribution in [-0.2, 0) is 20.9 Å². The molecular weight excluding hydrogens is 420 g/mol. The molecular formula is C26H28N2O5. The first kappa shape index (κ1) is 25.4. The summed E-state index contributed by atoms with van der Waals surface area (Å²) in [5.74, 6) is 3.12. The van der Waals surface area contributed by atoms with Crippen molar-refractivity contribution in [3.63, 3.8) is 0 Å². The zero-order valence-corrected chi connectivity index (χ0v) is 18.6. The van der Waals surface area contributed by atoms with Gasteiger partial charge in [0, 0.05) is 56.4 Å². The smallest absolute Gasteiger partial charge is 0.328 e. The van der Waals surface area contributed by atoms with Crippen LogP contribution in [-0.4, -0.2) is 64.0 Å². The van der Waals surface area contributed by atoms with E-state index in [1.807, 2.05) is 48.3 Å². The third kappa shape index (κ3) is 9.85. The molecule has 2 aromatic rings. The number of aliphatic carboxylic acids is 2. The molecule has 7 heteroatoms. The van der Waals surface area contributed by atoms with E-state index in [9.17, 15) is 14.4 Å². The summed E-state index contributed by atoms with van der Waals surface area (Å²) in [7, 11) is 1.87. The lowest BCUT2D eigenvalue weighted by Gasteiger charge is -2.36. The molecule has 172 valence electrons. The van der Waals surface area contributed by atoms with E-state index in [1.54, 1.807) is 0 Å². The van der Waals surface area contributed by atoms with Crippen molar-refractivity contribution in [1.29, 1.82) is 0 Å². The van der Waals surface area contributed by atoms with Crippen molar-refractivity contribution in [3.8, 4) is 11.8 Å². The van der Waals surface area contributed by atoms with Crippen molar-refractivity contribution in [2.24, 2.45) is 0 Å². The molecule has 7 nitrogen and oxygen atoms in total. The Labute approximate surface area is 194 Å². The number of hydrogen-bond donors (Lipinski definition) is 2. The van der Waals surface area contributed by atoms with Gasteiger partial charge in [-0.15, -0.1) is 0 Å². The Balaban J connectivity index is 0.000000414. The second kappa shape index (κ2) is 13.5. The van der Waals surface area contributed by atoms with Crippen LogP contribution < -0.4 is 0 Å². The highest BCUT2D eigenvalue weighted by atomic mass is 16.4. The summed E-state index contributed by atoms with van der Waals surface area (Å²) in [4.78, 5) is 35.7. The number of amides is 1. The number of carboxylic acids is 2. The number of likely N-dealkylation sites (tertiary alicyclic amines) is 1. The molecule has 0 radical (unpaired) electrons. The van der Waals surface area contributed by atoms with Gasteiger partial charge in [-0.3, -0.25) is 9.69 Å². The van der Waals surface area contributed by atoms with E-state index in [0.29, 0.717) is 12.2 Å². The molecule has 1 saturated heterocycles. The van der Waals surface area contributed by atoms with E-state index < -0.39 is 11.9 Å². The van der Waals surface area contributed by atoms with Gasteiger partial charge >= 0.3 is 11.9 Å². The maximum atomic E-state index is 12.3. The van der Waals surface area contributed by atoms with Crippen LogP contribution in [0.25, 0.3) is 0 Å². The highest BCUT2D eigenvalue weighted by Crippen LogP contribution is 2.17. The number of carboxylic acid groups (broad SMARTS) is 2. The highest BCUT2D eigenvalue weighted by Gasteiger charge is 2.24. The van der Waals surface area contributed by atoms with E-state index in [2.05, 4.69) is 41.0 Å². The Bertz CT molecular complexity index is 985. The van der Waals surface area contributed by atoms with Crippen LogP contribution >= 0.6 is 0 Å². The van der Waals surface area contributed by atoms with E-state index in [-0.39, 0.29) is 11.9 Å². The summed E-state index contributed by atoms with van der Waals surface area (Å²) < 4.78 is 0. The molecule has 2 N–H and O–H groups in total. The average molecular weight is 449 g/mol. The minimum Gasteiger partial charge on any atom is -0.478 e. The molecule has 33 heavy (non-hydrogen) atoms. The zero-order chi connectivity index (χ0) is 24.1. The van der Waals surface area contributed by atoms with E-state index in [4.69, 9.17) is 10.2 Å². The number of carbonyl (C=O) groups is 3. The second-order valence-corrected chi connectivity index (χ2v) is 7.53. The average Bonchev–Trinajstić information content (AvgIpc) is 2.83. The summed E-state index contributed by atoms with van der Waals surface area (Å²) in [5.41, 5.74) is 2.22. The standard InChI is InChI=1S/C22H24N2O.C4H4O4/c1-23(22(25)13-12-19-8-4-2-5-9-19)21-14-16-24(17-15-21)18-20-10-6-3-7-11-20;5-3(6)1-2-4(7)8/h2-11,21H,14-18H2,1H3;1-2H,(H,5,6)(H,7,8)/b;2-1+. The van der Waals surface area contributed by atoms with Gasteiger partial charge in [-0.05, 0) is 30.5 Å². The minimum atomic E-state index is -1.26. The molecule has 0 bridgehead atoms. The van der Waals surface area contributed by atoms with Crippen LogP contribution in [0.1, 0.15) is 24.0 Å².